The molecule has 0 saturated carbocycles. The number of hydrogen-bond donors (Lipinski definition) is 2. The summed E-state index contributed by atoms with van der Waals surface area (Å²) >= 11 is 0. The van der Waals surface area contributed by atoms with Crippen LogP contribution in [0.3, 0.4) is 0 Å². The Morgan fingerprint density at radius 1 is 1.38 bits per heavy atom. The van der Waals surface area contributed by atoms with Crippen LogP contribution in [0.4, 0.5) is 4.39 Å². The Morgan fingerprint density at radius 2 is 2.00 bits per heavy atom. The molecule has 0 bridgehead atoms. The van der Waals surface area contributed by atoms with Gasteiger partial charge in [-0.2, -0.15) is 0 Å². The lowest BCUT2D eigenvalue weighted by Gasteiger charge is -2.31. The maximum atomic E-state index is 12.8. The Balaban J connectivity index is 2.50. The molecule has 1 rings (SSSR count). The number of hydrogen-bond acceptors (Lipinski definition) is 3. The first-order chi connectivity index (χ1) is 9.89. The van der Waals surface area contributed by atoms with Gasteiger partial charge in [0.15, 0.2) is 0 Å². The standard InChI is InChI=1S/C16H24FNO3/c1-4-16(15(19)20,18-12(2)3)10-5-11-21-14-8-6-13(17)7-9-14/h6-9,12,18H,4-5,10-11H2,1-3H3,(H,19,20). The molecule has 118 valence electrons. The highest BCUT2D eigenvalue weighted by molar-refractivity contribution is 5.78. The molecule has 0 heterocycles. The van der Waals surface area contributed by atoms with E-state index in [2.05, 4.69) is 5.32 Å². The van der Waals surface area contributed by atoms with Gasteiger partial charge in [0, 0.05) is 6.04 Å². The van der Waals surface area contributed by atoms with Gasteiger partial charge in [0.1, 0.15) is 17.1 Å². The Labute approximate surface area is 125 Å². The average molecular weight is 297 g/mol. The summed E-state index contributed by atoms with van der Waals surface area (Å²) in [5.41, 5.74) is -0.916. The summed E-state index contributed by atoms with van der Waals surface area (Å²) < 4.78 is 18.3. The van der Waals surface area contributed by atoms with E-state index < -0.39 is 11.5 Å². The molecule has 21 heavy (non-hydrogen) atoms. The third kappa shape index (κ3) is 5.34. The predicted octanol–water partition coefficient (Wildman–Crippen LogP) is 3.22. The zero-order chi connectivity index (χ0) is 15.9. The normalized spacial score (nSPS) is 14.0. The molecule has 0 fully saturated rings. The first-order valence-electron chi connectivity index (χ1n) is 7.29. The maximum absolute atomic E-state index is 12.8. The van der Waals surface area contributed by atoms with E-state index in [4.69, 9.17) is 4.74 Å². The summed E-state index contributed by atoms with van der Waals surface area (Å²) in [7, 11) is 0. The lowest BCUT2D eigenvalue weighted by molar-refractivity contribution is -0.145. The molecule has 0 aliphatic rings. The number of aliphatic carboxylic acids is 1. The van der Waals surface area contributed by atoms with Crippen molar-refractivity contribution in [3.8, 4) is 5.75 Å². The van der Waals surface area contributed by atoms with E-state index in [0.717, 1.165) is 0 Å². The number of carboxylic acids is 1. The summed E-state index contributed by atoms with van der Waals surface area (Å²) in [5.74, 6) is -0.550. The van der Waals surface area contributed by atoms with Crippen molar-refractivity contribution >= 4 is 5.97 Å². The molecular weight excluding hydrogens is 273 g/mol. The smallest absolute Gasteiger partial charge is 0.323 e. The molecule has 0 aliphatic carbocycles. The number of rotatable bonds is 9. The minimum Gasteiger partial charge on any atom is -0.494 e. The Hall–Kier alpha value is -1.62. The number of nitrogens with one attached hydrogen (secondary N) is 1. The lowest BCUT2D eigenvalue weighted by atomic mass is 9.89. The van der Waals surface area contributed by atoms with Crippen molar-refractivity contribution in [1.82, 2.24) is 5.32 Å². The summed E-state index contributed by atoms with van der Waals surface area (Å²) in [6, 6.07) is 5.89. The fourth-order valence-corrected chi connectivity index (χ4v) is 2.32. The van der Waals surface area contributed by atoms with Gasteiger partial charge in [-0.25, -0.2) is 4.39 Å². The number of benzene rings is 1. The minimum atomic E-state index is -0.916. The van der Waals surface area contributed by atoms with E-state index >= 15 is 0 Å². The van der Waals surface area contributed by atoms with E-state index in [0.29, 0.717) is 31.6 Å². The molecule has 1 aromatic carbocycles. The van der Waals surface area contributed by atoms with Gasteiger partial charge < -0.3 is 9.84 Å². The third-order valence-corrected chi connectivity index (χ3v) is 3.41. The fourth-order valence-electron chi connectivity index (χ4n) is 2.32. The van der Waals surface area contributed by atoms with Crippen LogP contribution in [0, 0.1) is 5.82 Å². The first kappa shape index (κ1) is 17.4. The quantitative estimate of drug-likeness (QED) is 0.687. The van der Waals surface area contributed by atoms with Gasteiger partial charge >= 0.3 is 5.97 Å². The lowest BCUT2D eigenvalue weighted by Crippen LogP contribution is -2.54. The highest BCUT2D eigenvalue weighted by atomic mass is 19.1. The van der Waals surface area contributed by atoms with Crippen LogP contribution in [0.25, 0.3) is 0 Å². The topological polar surface area (TPSA) is 58.6 Å². The first-order valence-corrected chi connectivity index (χ1v) is 7.29. The Kier molecular flexibility index (Phi) is 6.62. The maximum Gasteiger partial charge on any atom is 0.323 e. The minimum absolute atomic E-state index is 0.0964. The molecule has 0 saturated heterocycles. The molecule has 1 atom stereocenters. The van der Waals surface area contributed by atoms with E-state index in [9.17, 15) is 14.3 Å². The fraction of sp³-hybridized carbons (Fsp3) is 0.562. The molecule has 1 aromatic rings. The van der Waals surface area contributed by atoms with E-state index in [1.54, 1.807) is 12.1 Å². The van der Waals surface area contributed by atoms with Crippen LogP contribution in [0.15, 0.2) is 24.3 Å². The summed E-state index contributed by atoms with van der Waals surface area (Å²) in [6.45, 7) is 6.13. The zero-order valence-electron chi connectivity index (χ0n) is 12.9. The molecule has 0 aromatic heterocycles. The van der Waals surface area contributed by atoms with Crippen molar-refractivity contribution in [2.24, 2.45) is 0 Å². The number of carboxylic acid groups (broad SMARTS) is 1. The van der Waals surface area contributed by atoms with Gasteiger partial charge in [0.25, 0.3) is 0 Å². The van der Waals surface area contributed by atoms with Crippen molar-refractivity contribution in [2.45, 2.75) is 51.6 Å². The van der Waals surface area contributed by atoms with Gasteiger partial charge in [-0.1, -0.05) is 6.92 Å². The number of carbonyl (C=O) groups is 1. The van der Waals surface area contributed by atoms with Crippen molar-refractivity contribution in [3.05, 3.63) is 30.1 Å². The molecule has 2 N–H and O–H groups in total. The van der Waals surface area contributed by atoms with Crippen molar-refractivity contribution in [3.63, 3.8) is 0 Å². The number of ether oxygens (including phenoxy) is 1. The molecule has 5 heteroatoms. The van der Waals surface area contributed by atoms with Crippen LogP contribution in [0.5, 0.6) is 5.75 Å². The van der Waals surface area contributed by atoms with E-state index in [1.165, 1.54) is 12.1 Å². The molecule has 0 amide bonds. The van der Waals surface area contributed by atoms with Gasteiger partial charge in [0.05, 0.1) is 6.61 Å². The Bertz CT molecular complexity index is 447. The van der Waals surface area contributed by atoms with Crippen LogP contribution >= 0.6 is 0 Å². The van der Waals surface area contributed by atoms with Crippen LogP contribution in [0.1, 0.15) is 40.0 Å². The summed E-state index contributed by atoms with van der Waals surface area (Å²) in [6.07, 6.45) is 1.60. The molecule has 0 radical (unpaired) electrons. The second-order valence-electron chi connectivity index (χ2n) is 5.45. The molecule has 0 aliphatic heterocycles. The highest BCUT2D eigenvalue weighted by Crippen LogP contribution is 2.20. The monoisotopic (exact) mass is 297 g/mol. The average Bonchev–Trinajstić information content (AvgIpc) is 2.43. The van der Waals surface area contributed by atoms with Crippen LogP contribution in [0.2, 0.25) is 0 Å². The Morgan fingerprint density at radius 3 is 2.48 bits per heavy atom. The largest absolute Gasteiger partial charge is 0.494 e. The van der Waals surface area contributed by atoms with Crippen LogP contribution in [-0.4, -0.2) is 29.3 Å². The predicted molar refractivity (Wildman–Crippen MR) is 80.1 cm³/mol. The van der Waals surface area contributed by atoms with Crippen molar-refractivity contribution in [1.29, 1.82) is 0 Å². The van der Waals surface area contributed by atoms with Gasteiger partial charge in [-0.3, -0.25) is 10.1 Å². The number of halogens is 1. The van der Waals surface area contributed by atoms with E-state index in [-0.39, 0.29) is 11.9 Å². The van der Waals surface area contributed by atoms with Gasteiger partial charge in [0.2, 0.25) is 0 Å². The summed E-state index contributed by atoms with van der Waals surface area (Å²) in [4.78, 5) is 11.5. The van der Waals surface area contributed by atoms with Gasteiger partial charge in [-0.05, 0) is 57.4 Å². The molecule has 1 unspecified atom stereocenters. The van der Waals surface area contributed by atoms with Crippen molar-refractivity contribution in [2.75, 3.05) is 6.61 Å². The zero-order valence-corrected chi connectivity index (χ0v) is 12.9. The second-order valence-corrected chi connectivity index (χ2v) is 5.45. The van der Waals surface area contributed by atoms with Crippen LogP contribution in [-0.2, 0) is 4.79 Å². The molecular formula is C16H24FNO3. The van der Waals surface area contributed by atoms with Crippen molar-refractivity contribution < 1.29 is 19.0 Å². The molecule has 4 nitrogen and oxygen atoms in total. The molecule has 0 spiro atoms. The van der Waals surface area contributed by atoms with Gasteiger partial charge in [-0.15, -0.1) is 0 Å². The van der Waals surface area contributed by atoms with Crippen LogP contribution < -0.4 is 10.1 Å². The van der Waals surface area contributed by atoms with E-state index in [1.807, 2.05) is 20.8 Å². The third-order valence-electron chi connectivity index (χ3n) is 3.41. The summed E-state index contributed by atoms with van der Waals surface area (Å²) in [5, 5.41) is 12.6. The second kappa shape index (κ2) is 7.98. The SMILES string of the molecule is CCC(CCCOc1ccc(F)cc1)(NC(C)C)C(=O)O. The highest BCUT2D eigenvalue weighted by Gasteiger charge is 2.36.